The van der Waals surface area contributed by atoms with Crippen LogP contribution in [0.2, 0.25) is 0 Å². The average molecular weight is 309 g/mol. The number of nitrogens with two attached hydrogens (primary N) is 2. The van der Waals surface area contributed by atoms with Crippen LogP contribution in [0.1, 0.15) is 18.2 Å². The molecule has 1 aliphatic rings. The van der Waals surface area contributed by atoms with Gasteiger partial charge in [0.25, 0.3) is 0 Å². The minimum atomic E-state index is -1.00. The molecule has 1 aromatic carbocycles. The van der Waals surface area contributed by atoms with E-state index in [1.165, 1.54) is 6.07 Å². The first kappa shape index (κ1) is 15.6. The van der Waals surface area contributed by atoms with Crippen LogP contribution in [0.15, 0.2) is 73.0 Å². The summed E-state index contributed by atoms with van der Waals surface area (Å²) in [6, 6.07) is 12.1. The Morgan fingerprint density at radius 2 is 1.87 bits per heavy atom. The summed E-state index contributed by atoms with van der Waals surface area (Å²) in [6.07, 6.45) is 8.97. The Balaban J connectivity index is 2.30. The highest BCUT2D eigenvalue weighted by Gasteiger charge is 2.51. The molecule has 0 amide bonds. The fraction of sp³-hybridized carbons (Fsp3) is 0.211. The minimum Gasteiger partial charge on any atom is -0.323 e. The second kappa shape index (κ2) is 5.72. The van der Waals surface area contributed by atoms with Gasteiger partial charge in [0.05, 0.1) is 16.6 Å². The number of halogens is 1. The van der Waals surface area contributed by atoms with Gasteiger partial charge >= 0.3 is 0 Å². The Hall–Kier alpha value is -2.30. The second-order valence-corrected chi connectivity index (χ2v) is 6.03. The summed E-state index contributed by atoms with van der Waals surface area (Å²) in [5.74, 6) is -0.390. The van der Waals surface area contributed by atoms with E-state index in [0.717, 1.165) is 5.56 Å². The normalized spacial score (nSPS) is 26.0. The molecule has 0 saturated heterocycles. The average Bonchev–Trinajstić information content (AvgIpc) is 2.58. The molecule has 0 saturated carbocycles. The molecule has 2 aromatic rings. The third-order valence-corrected chi connectivity index (χ3v) is 4.80. The SMILES string of the molecule is CC(c1ccccc1)(c1ncccc1F)C1(N)C=CC=CC1N. The van der Waals surface area contributed by atoms with Gasteiger partial charge < -0.3 is 11.5 Å². The molecular formula is C19H20FN3. The van der Waals surface area contributed by atoms with Gasteiger partial charge in [0, 0.05) is 12.2 Å². The molecule has 3 unspecified atom stereocenters. The number of nitrogens with zero attached hydrogens (tertiary/aromatic N) is 1. The molecule has 0 radical (unpaired) electrons. The highest BCUT2D eigenvalue weighted by molar-refractivity contribution is 5.47. The third kappa shape index (κ3) is 2.31. The second-order valence-electron chi connectivity index (χ2n) is 6.03. The van der Waals surface area contributed by atoms with Crippen LogP contribution in [0.5, 0.6) is 0 Å². The minimum absolute atomic E-state index is 0.295. The number of hydrogen-bond acceptors (Lipinski definition) is 3. The molecule has 1 heterocycles. The molecule has 1 aromatic heterocycles. The summed E-state index contributed by atoms with van der Waals surface area (Å²) in [7, 11) is 0. The van der Waals surface area contributed by atoms with E-state index in [0.29, 0.717) is 5.69 Å². The zero-order chi connectivity index (χ0) is 16.5. The molecule has 23 heavy (non-hydrogen) atoms. The molecule has 4 heteroatoms. The molecular weight excluding hydrogens is 289 g/mol. The molecule has 3 rings (SSSR count). The van der Waals surface area contributed by atoms with Crippen LogP contribution < -0.4 is 11.5 Å². The molecule has 0 bridgehead atoms. The van der Waals surface area contributed by atoms with E-state index in [1.807, 2.05) is 61.6 Å². The van der Waals surface area contributed by atoms with Crippen LogP contribution in [-0.2, 0) is 5.41 Å². The lowest BCUT2D eigenvalue weighted by atomic mass is 9.60. The Morgan fingerprint density at radius 3 is 2.52 bits per heavy atom. The maximum absolute atomic E-state index is 14.6. The lowest BCUT2D eigenvalue weighted by Gasteiger charge is -2.48. The highest BCUT2D eigenvalue weighted by atomic mass is 19.1. The number of pyridine rings is 1. The fourth-order valence-corrected chi connectivity index (χ4v) is 3.29. The number of benzene rings is 1. The Morgan fingerprint density at radius 1 is 1.13 bits per heavy atom. The van der Waals surface area contributed by atoms with Gasteiger partial charge in [-0.2, -0.15) is 0 Å². The van der Waals surface area contributed by atoms with Gasteiger partial charge in [0.1, 0.15) is 5.82 Å². The molecule has 0 spiro atoms. The van der Waals surface area contributed by atoms with Crippen molar-refractivity contribution in [1.29, 1.82) is 0 Å². The summed E-state index contributed by atoms with van der Waals surface area (Å²) >= 11 is 0. The predicted molar refractivity (Wildman–Crippen MR) is 90.3 cm³/mol. The van der Waals surface area contributed by atoms with E-state index in [4.69, 9.17) is 11.5 Å². The maximum atomic E-state index is 14.6. The summed E-state index contributed by atoms with van der Waals surface area (Å²) in [5.41, 5.74) is 12.3. The van der Waals surface area contributed by atoms with Crippen LogP contribution in [-0.4, -0.2) is 16.6 Å². The number of allylic oxidation sites excluding steroid dienone is 2. The van der Waals surface area contributed by atoms with Crippen molar-refractivity contribution >= 4 is 0 Å². The smallest absolute Gasteiger partial charge is 0.145 e. The van der Waals surface area contributed by atoms with Crippen molar-refractivity contribution in [3.8, 4) is 0 Å². The molecule has 3 atom stereocenters. The number of hydrogen-bond donors (Lipinski definition) is 2. The summed E-state index contributed by atoms with van der Waals surface area (Å²) in [4.78, 5) is 4.31. The van der Waals surface area contributed by atoms with Crippen molar-refractivity contribution in [3.63, 3.8) is 0 Å². The number of rotatable bonds is 3. The predicted octanol–water partition coefficient (Wildman–Crippen LogP) is 2.68. The molecule has 0 fully saturated rings. The van der Waals surface area contributed by atoms with E-state index in [2.05, 4.69) is 4.98 Å². The van der Waals surface area contributed by atoms with Crippen LogP contribution in [0.3, 0.4) is 0 Å². The van der Waals surface area contributed by atoms with Crippen molar-refractivity contribution in [1.82, 2.24) is 4.98 Å². The summed E-state index contributed by atoms with van der Waals surface area (Å²) < 4.78 is 14.6. The Kier molecular flexibility index (Phi) is 3.88. The lowest BCUT2D eigenvalue weighted by Crippen LogP contribution is -2.66. The first-order chi connectivity index (χ1) is 11.0. The lowest BCUT2D eigenvalue weighted by molar-refractivity contribution is 0.298. The quantitative estimate of drug-likeness (QED) is 0.916. The van der Waals surface area contributed by atoms with Gasteiger partial charge in [-0.3, -0.25) is 4.98 Å². The van der Waals surface area contributed by atoms with E-state index in [9.17, 15) is 4.39 Å². The van der Waals surface area contributed by atoms with Gasteiger partial charge in [-0.25, -0.2) is 4.39 Å². The van der Waals surface area contributed by atoms with Crippen LogP contribution >= 0.6 is 0 Å². The summed E-state index contributed by atoms with van der Waals surface area (Å²) in [6.45, 7) is 1.90. The van der Waals surface area contributed by atoms with Gasteiger partial charge in [0.2, 0.25) is 0 Å². The molecule has 1 aliphatic carbocycles. The van der Waals surface area contributed by atoms with Crippen LogP contribution in [0.25, 0.3) is 0 Å². The summed E-state index contributed by atoms with van der Waals surface area (Å²) in [5, 5.41) is 0. The standard InChI is InChI=1S/C19H20FN3/c1-18(14-8-3-2-4-9-14,17-15(20)10-7-13-23-17)19(22)12-6-5-11-16(19)21/h2-13,16H,21-22H2,1H3. The first-order valence-electron chi connectivity index (χ1n) is 7.57. The molecule has 4 N–H and O–H groups in total. The zero-order valence-electron chi connectivity index (χ0n) is 13.0. The van der Waals surface area contributed by atoms with Crippen molar-refractivity contribution in [3.05, 3.63) is 90.0 Å². The van der Waals surface area contributed by atoms with Gasteiger partial charge in [-0.15, -0.1) is 0 Å². The van der Waals surface area contributed by atoms with E-state index in [-0.39, 0.29) is 5.82 Å². The Bertz CT molecular complexity index is 756. The number of aromatic nitrogens is 1. The van der Waals surface area contributed by atoms with Crippen molar-refractivity contribution < 1.29 is 4.39 Å². The van der Waals surface area contributed by atoms with Gasteiger partial charge in [-0.05, 0) is 24.6 Å². The first-order valence-corrected chi connectivity index (χ1v) is 7.57. The fourth-order valence-electron chi connectivity index (χ4n) is 3.29. The van der Waals surface area contributed by atoms with Crippen molar-refractivity contribution in [2.45, 2.75) is 23.9 Å². The molecule has 0 aliphatic heterocycles. The van der Waals surface area contributed by atoms with Gasteiger partial charge in [-0.1, -0.05) is 54.6 Å². The third-order valence-electron chi connectivity index (χ3n) is 4.80. The van der Waals surface area contributed by atoms with E-state index < -0.39 is 17.0 Å². The van der Waals surface area contributed by atoms with Crippen molar-refractivity contribution in [2.24, 2.45) is 11.5 Å². The van der Waals surface area contributed by atoms with Crippen LogP contribution in [0, 0.1) is 5.82 Å². The Labute approximate surface area is 135 Å². The van der Waals surface area contributed by atoms with Crippen molar-refractivity contribution in [2.75, 3.05) is 0 Å². The highest BCUT2D eigenvalue weighted by Crippen LogP contribution is 2.43. The van der Waals surface area contributed by atoms with Gasteiger partial charge in [0.15, 0.2) is 0 Å². The monoisotopic (exact) mass is 309 g/mol. The van der Waals surface area contributed by atoms with E-state index >= 15 is 0 Å². The largest absolute Gasteiger partial charge is 0.323 e. The molecule has 3 nitrogen and oxygen atoms in total. The molecule has 118 valence electrons. The van der Waals surface area contributed by atoms with Crippen LogP contribution in [0.4, 0.5) is 4.39 Å². The topological polar surface area (TPSA) is 64.9 Å². The zero-order valence-corrected chi connectivity index (χ0v) is 13.0. The maximum Gasteiger partial charge on any atom is 0.145 e. The van der Waals surface area contributed by atoms with E-state index in [1.54, 1.807) is 12.3 Å².